The van der Waals surface area contributed by atoms with Gasteiger partial charge in [-0.1, -0.05) is 12.8 Å². The van der Waals surface area contributed by atoms with E-state index in [9.17, 15) is 10.1 Å². The van der Waals surface area contributed by atoms with Crippen LogP contribution >= 0.6 is 11.3 Å². The summed E-state index contributed by atoms with van der Waals surface area (Å²) in [7, 11) is 0. The van der Waals surface area contributed by atoms with Gasteiger partial charge in [0, 0.05) is 17.8 Å². The lowest BCUT2D eigenvalue weighted by Crippen LogP contribution is -2.28. The zero-order chi connectivity index (χ0) is 15.4. The Bertz CT molecular complexity index is 579. The van der Waals surface area contributed by atoms with Crippen LogP contribution in [0.5, 0.6) is 0 Å². The summed E-state index contributed by atoms with van der Waals surface area (Å²) in [6, 6.07) is 2.28. The SMILES string of the molecule is N#Cc1c(NC(=O)CCN2CCCCCC2)sc2c1CCC2. The summed E-state index contributed by atoms with van der Waals surface area (Å²) in [5.41, 5.74) is 1.89. The molecule has 0 bridgehead atoms. The molecule has 2 aliphatic rings. The molecule has 1 aromatic heterocycles. The fourth-order valence-corrected chi connectivity index (χ4v) is 4.68. The van der Waals surface area contributed by atoms with Gasteiger partial charge in [-0.25, -0.2) is 0 Å². The maximum Gasteiger partial charge on any atom is 0.226 e. The molecule has 1 amide bonds. The zero-order valence-electron chi connectivity index (χ0n) is 13.0. The van der Waals surface area contributed by atoms with E-state index < -0.39 is 0 Å². The number of amides is 1. The predicted molar refractivity (Wildman–Crippen MR) is 89.2 cm³/mol. The van der Waals surface area contributed by atoms with Crippen LogP contribution in [0.2, 0.25) is 0 Å². The van der Waals surface area contributed by atoms with E-state index in [0.717, 1.165) is 43.9 Å². The van der Waals surface area contributed by atoms with Gasteiger partial charge in [0.1, 0.15) is 11.1 Å². The predicted octanol–water partition coefficient (Wildman–Crippen LogP) is 3.31. The van der Waals surface area contributed by atoms with Crippen molar-refractivity contribution in [3.63, 3.8) is 0 Å². The molecular weight excluding hydrogens is 294 g/mol. The Morgan fingerprint density at radius 1 is 1.18 bits per heavy atom. The molecule has 1 aliphatic carbocycles. The van der Waals surface area contributed by atoms with Crippen LogP contribution < -0.4 is 5.32 Å². The minimum Gasteiger partial charge on any atom is -0.317 e. The van der Waals surface area contributed by atoms with Crippen molar-refractivity contribution < 1.29 is 4.79 Å². The number of fused-ring (bicyclic) bond motifs is 1. The number of carbonyl (C=O) groups is 1. The third-order valence-corrected chi connectivity index (χ3v) is 5.85. The standard InChI is InChI=1S/C17H23N3OS/c18-12-14-13-6-5-7-15(13)22-17(14)19-16(21)8-11-20-9-3-1-2-4-10-20/h1-11H2,(H,19,21). The van der Waals surface area contributed by atoms with Gasteiger partial charge in [-0.2, -0.15) is 5.26 Å². The molecule has 0 radical (unpaired) electrons. The molecule has 0 spiro atoms. The molecule has 118 valence electrons. The lowest BCUT2D eigenvalue weighted by molar-refractivity contribution is -0.116. The van der Waals surface area contributed by atoms with Crippen molar-refractivity contribution >= 4 is 22.2 Å². The van der Waals surface area contributed by atoms with E-state index in [1.165, 1.54) is 36.1 Å². The Balaban J connectivity index is 1.55. The molecule has 5 heteroatoms. The second-order valence-corrected chi connectivity index (χ2v) is 7.33. The number of rotatable bonds is 4. The average Bonchev–Trinajstić information content (AvgIpc) is 2.96. The highest BCUT2D eigenvalue weighted by Gasteiger charge is 2.23. The van der Waals surface area contributed by atoms with E-state index in [2.05, 4.69) is 16.3 Å². The van der Waals surface area contributed by atoms with Gasteiger partial charge in [0.2, 0.25) is 5.91 Å². The van der Waals surface area contributed by atoms with Gasteiger partial charge < -0.3 is 10.2 Å². The van der Waals surface area contributed by atoms with E-state index in [1.807, 2.05) is 0 Å². The van der Waals surface area contributed by atoms with Crippen LogP contribution in [-0.2, 0) is 17.6 Å². The molecule has 0 unspecified atom stereocenters. The second kappa shape index (κ2) is 7.26. The van der Waals surface area contributed by atoms with Crippen molar-refractivity contribution in [3.8, 4) is 6.07 Å². The molecule has 1 aliphatic heterocycles. The summed E-state index contributed by atoms with van der Waals surface area (Å²) in [6.45, 7) is 3.06. The Hall–Kier alpha value is -1.38. The maximum atomic E-state index is 12.2. The number of nitrogens with one attached hydrogen (secondary N) is 1. The Morgan fingerprint density at radius 2 is 1.95 bits per heavy atom. The number of aryl methyl sites for hydroxylation is 1. The minimum atomic E-state index is 0.0423. The monoisotopic (exact) mass is 317 g/mol. The largest absolute Gasteiger partial charge is 0.317 e. The number of hydrogen-bond donors (Lipinski definition) is 1. The van der Waals surface area contributed by atoms with Crippen molar-refractivity contribution in [1.29, 1.82) is 5.26 Å². The van der Waals surface area contributed by atoms with Crippen LogP contribution in [0.3, 0.4) is 0 Å². The number of anilines is 1. The van der Waals surface area contributed by atoms with E-state index in [-0.39, 0.29) is 5.91 Å². The first-order valence-corrected chi connectivity index (χ1v) is 9.16. The molecule has 1 N–H and O–H groups in total. The van der Waals surface area contributed by atoms with Crippen LogP contribution in [-0.4, -0.2) is 30.4 Å². The Kier molecular flexibility index (Phi) is 5.12. The fourth-order valence-electron chi connectivity index (χ4n) is 3.42. The van der Waals surface area contributed by atoms with Crippen LogP contribution in [0, 0.1) is 11.3 Å². The van der Waals surface area contributed by atoms with E-state index in [4.69, 9.17) is 0 Å². The maximum absolute atomic E-state index is 12.2. The van der Waals surface area contributed by atoms with Crippen molar-refractivity contribution in [2.75, 3.05) is 25.0 Å². The average molecular weight is 317 g/mol. The Morgan fingerprint density at radius 3 is 2.68 bits per heavy atom. The number of carbonyl (C=O) groups excluding carboxylic acids is 1. The third kappa shape index (κ3) is 3.50. The summed E-state index contributed by atoms with van der Waals surface area (Å²) in [5.74, 6) is 0.0423. The molecule has 4 nitrogen and oxygen atoms in total. The molecule has 1 fully saturated rings. The third-order valence-electron chi connectivity index (χ3n) is 4.64. The van der Waals surface area contributed by atoms with Crippen molar-refractivity contribution in [2.24, 2.45) is 0 Å². The van der Waals surface area contributed by atoms with Gasteiger partial charge in [0.15, 0.2) is 0 Å². The van der Waals surface area contributed by atoms with Gasteiger partial charge >= 0.3 is 0 Å². The van der Waals surface area contributed by atoms with Gasteiger partial charge in [0.25, 0.3) is 0 Å². The quantitative estimate of drug-likeness (QED) is 0.927. The topological polar surface area (TPSA) is 56.1 Å². The van der Waals surface area contributed by atoms with Crippen molar-refractivity contribution in [2.45, 2.75) is 51.4 Å². The van der Waals surface area contributed by atoms with Gasteiger partial charge in [-0.15, -0.1) is 11.3 Å². The second-order valence-electron chi connectivity index (χ2n) is 6.23. The van der Waals surface area contributed by atoms with Gasteiger partial charge in [-0.05, 0) is 50.8 Å². The highest BCUT2D eigenvalue weighted by Crippen LogP contribution is 2.38. The first-order chi connectivity index (χ1) is 10.8. The highest BCUT2D eigenvalue weighted by molar-refractivity contribution is 7.16. The molecule has 1 aromatic rings. The van der Waals surface area contributed by atoms with Crippen molar-refractivity contribution in [1.82, 2.24) is 4.90 Å². The molecule has 2 heterocycles. The lowest BCUT2D eigenvalue weighted by Gasteiger charge is -2.19. The number of likely N-dealkylation sites (tertiary alicyclic amines) is 1. The molecule has 0 atom stereocenters. The van der Waals surface area contributed by atoms with E-state index >= 15 is 0 Å². The summed E-state index contributed by atoms with van der Waals surface area (Å²) < 4.78 is 0. The molecule has 3 rings (SSSR count). The van der Waals surface area contributed by atoms with Crippen LogP contribution in [0.1, 0.15) is 54.5 Å². The summed E-state index contributed by atoms with van der Waals surface area (Å²) in [6.07, 6.45) is 8.82. The number of nitriles is 1. The summed E-state index contributed by atoms with van der Waals surface area (Å²) >= 11 is 1.60. The summed E-state index contributed by atoms with van der Waals surface area (Å²) in [5, 5.41) is 13.1. The fraction of sp³-hybridized carbons (Fsp3) is 0.647. The number of hydrogen-bond acceptors (Lipinski definition) is 4. The number of nitrogens with zero attached hydrogens (tertiary/aromatic N) is 2. The molecule has 22 heavy (non-hydrogen) atoms. The molecular formula is C17H23N3OS. The smallest absolute Gasteiger partial charge is 0.226 e. The normalized spacial score (nSPS) is 18.5. The molecule has 0 saturated carbocycles. The van der Waals surface area contributed by atoms with E-state index in [1.54, 1.807) is 11.3 Å². The van der Waals surface area contributed by atoms with Gasteiger partial charge in [-0.3, -0.25) is 4.79 Å². The Labute approximate surface area is 136 Å². The van der Waals surface area contributed by atoms with Crippen LogP contribution in [0.15, 0.2) is 0 Å². The minimum absolute atomic E-state index is 0.0423. The van der Waals surface area contributed by atoms with Gasteiger partial charge in [0.05, 0.1) is 5.56 Å². The zero-order valence-corrected chi connectivity index (χ0v) is 13.8. The number of thiophene rings is 1. The lowest BCUT2D eigenvalue weighted by atomic mass is 10.1. The molecule has 1 saturated heterocycles. The first-order valence-electron chi connectivity index (χ1n) is 8.35. The van der Waals surface area contributed by atoms with E-state index in [0.29, 0.717) is 12.0 Å². The highest BCUT2D eigenvalue weighted by atomic mass is 32.1. The summed E-state index contributed by atoms with van der Waals surface area (Å²) in [4.78, 5) is 15.9. The van der Waals surface area contributed by atoms with Crippen LogP contribution in [0.25, 0.3) is 0 Å². The molecule has 0 aromatic carbocycles. The van der Waals surface area contributed by atoms with Crippen LogP contribution in [0.4, 0.5) is 5.00 Å². The van der Waals surface area contributed by atoms with Crippen molar-refractivity contribution in [3.05, 3.63) is 16.0 Å². The first kappa shape index (κ1) is 15.5.